The molecule has 0 atom stereocenters. The summed E-state index contributed by atoms with van der Waals surface area (Å²) in [5.74, 6) is 0.209. The Morgan fingerprint density at radius 3 is 2.18 bits per heavy atom. The lowest BCUT2D eigenvalue weighted by Gasteiger charge is -2.07. The van der Waals surface area contributed by atoms with Gasteiger partial charge in [-0.05, 0) is 41.5 Å². The van der Waals surface area contributed by atoms with Gasteiger partial charge in [0.25, 0.3) is 0 Å². The quantitative estimate of drug-likeness (QED) is 0.829. The summed E-state index contributed by atoms with van der Waals surface area (Å²) in [4.78, 5) is 0. The third kappa shape index (κ3) is 3.06. The molecule has 4 heteroatoms. The van der Waals surface area contributed by atoms with E-state index in [0.29, 0.717) is 21.5 Å². The van der Waals surface area contributed by atoms with Crippen molar-refractivity contribution >= 4 is 34.8 Å². The number of aromatic hydroxyl groups is 1. The summed E-state index contributed by atoms with van der Waals surface area (Å²) < 4.78 is 0. The Balaban J connectivity index is 2.34. The molecular formula is C13H9Cl3O. The molecule has 2 aromatic rings. The van der Waals surface area contributed by atoms with Gasteiger partial charge in [0.15, 0.2) is 0 Å². The van der Waals surface area contributed by atoms with E-state index < -0.39 is 0 Å². The van der Waals surface area contributed by atoms with Crippen LogP contribution in [-0.4, -0.2) is 5.11 Å². The van der Waals surface area contributed by atoms with Gasteiger partial charge in [0, 0.05) is 21.5 Å². The zero-order chi connectivity index (χ0) is 12.4. The van der Waals surface area contributed by atoms with Crippen molar-refractivity contribution in [2.24, 2.45) is 0 Å². The maximum Gasteiger partial charge on any atom is 0.119 e. The van der Waals surface area contributed by atoms with Crippen molar-refractivity contribution in [3.05, 3.63) is 62.6 Å². The molecule has 0 aliphatic carbocycles. The van der Waals surface area contributed by atoms with Crippen LogP contribution in [0.15, 0.2) is 36.4 Å². The topological polar surface area (TPSA) is 20.2 Å². The van der Waals surface area contributed by atoms with Crippen molar-refractivity contribution in [3.63, 3.8) is 0 Å². The first kappa shape index (κ1) is 12.6. The van der Waals surface area contributed by atoms with Crippen LogP contribution in [0.2, 0.25) is 15.1 Å². The first-order valence-corrected chi connectivity index (χ1v) is 6.11. The first-order chi connectivity index (χ1) is 8.06. The molecule has 0 amide bonds. The van der Waals surface area contributed by atoms with Crippen molar-refractivity contribution in [3.8, 4) is 5.75 Å². The molecule has 2 aromatic carbocycles. The standard InChI is InChI=1S/C13H9Cl3O/c14-10-3-4-13(17)9(6-10)5-8-1-2-11(15)7-12(8)16/h1-4,6-7,17H,5H2. The summed E-state index contributed by atoms with van der Waals surface area (Å²) in [7, 11) is 0. The Kier molecular flexibility index (Phi) is 3.82. The Labute approximate surface area is 115 Å². The zero-order valence-electron chi connectivity index (χ0n) is 8.75. The number of rotatable bonds is 2. The second-order valence-electron chi connectivity index (χ2n) is 3.69. The van der Waals surface area contributed by atoms with Crippen molar-refractivity contribution < 1.29 is 5.11 Å². The van der Waals surface area contributed by atoms with Gasteiger partial charge in [-0.1, -0.05) is 40.9 Å². The van der Waals surface area contributed by atoms with Gasteiger partial charge in [-0.2, -0.15) is 0 Å². The Hall–Kier alpha value is -0.890. The normalized spacial score (nSPS) is 10.5. The molecule has 0 aromatic heterocycles. The van der Waals surface area contributed by atoms with E-state index in [4.69, 9.17) is 34.8 Å². The molecule has 1 N–H and O–H groups in total. The molecule has 0 aliphatic rings. The van der Waals surface area contributed by atoms with E-state index in [9.17, 15) is 5.11 Å². The summed E-state index contributed by atoms with van der Waals surface area (Å²) in [5, 5.41) is 11.5. The van der Waals surface area contributed by atoms with Crippen molar-refractivity contribution in [1.29, 1.82) is 0 Å². The molecule has 88 valence electrons. The average Bonchev–Trinajstić information content (AvgIpc) is 2.27. The Morgan fingerprint density at radius 2 is 1.47 bits per heavy atom. The maximum atomic E-state index is 9.71. The van der Waals surface area contributed by atoms with Crippen LogP contribution in [0.3, 0.4) is 0 Å². The third-order valence-electron chi connectivity index (χ3n) is 2.44. The van der Waals surface area contributed by atoms with Gasteiger partial charge in [0.05, 0.1) is 0 Å². The lowest BCUT2D eigenvalue weighted by molar-refractivity contribution is 0.469. The highest BCUT2D eigenvalue weighted by Crippen LogP contribution is 2.28. The summed E-state index contributed by atoms with van der Waals surface area (Å²) in [6, 6.07) is 10.2. The number of hydrogen-bond acceptors (Lipinski definition) is 1. The highest BCUT2D eigenvalue weighted by molar-refractivity contribution is 6.35. The van der Waals surface area contributed by atoms with E-state index in [1.54, 1.807) is 30.3 Å². The second-order valence-corrected chi connectivity index (χ2v) is 4.97. The van der Waals surface area contributed by atoms with Gasteiger partial charge in [-0.15, -0.1) is 0 Å². The minimum Gasteiger partial charge on any atom is -0.508 e. The van der Waals surface area contributed by atoms with Crippen molar-refractivity contribution in [2.45, 2.75) is 6.42 Å². The molecule has 1 nitrogen and oxygen atoms in total. The van der Waals surface area contributed by atoms with Gasteiger partial charge in [0.2, 0.25) is 0 Å². The van der Waals surface area contributed by atoms with E-state index in [-0.39, 0.29) is 5.75 Å². The number of benzene rings is 2. The number of hydrogen-bond donors (Lipinski definition) is 1. The number of phenolic OH excluding ortho intramolecular Hbond substituents is 1. The summed E-state index contributed by atoms with van der Waals surface area (Å²) >= 11 is 17.8. The summed E-state index contributed by atoms with van der Waals surface area (Å²) in [5.41, 5.74) is 1.63. The predicted octanol–water partition coefficient (Wildman–Crippen LogP) is 4.94. The maximum absolute atomic E-state index is 9.71. The molecule has 0 unspecified atom stereocenters. The summed E-state index contributed by atoms with van der Waals surface area (Å²) in [6.07, 6.45) is 0.516. The van der Waals surface area contributed by atoms with E-state index in [1.165, 1.54) is 0 Å². The van der Waals surface area contributed by atoms with E-state index in [2.05, 4.69) is 0 Å². The molecule has 0 saturated carbocycles. The van der Waals surface area contributed by atoms with Crippen molar-refractivity contribution in [1.82, 2.24) is 0 Å². The Bertz CT molecular complexity index is 552. The highest BCUT2D eigenvalue weighted by atomic mass is 35.5. The molecule has 17 heavy (non-hydrogen) atoms. The zero-order valence-corrected chi connectivity index (χ0v) is 11.0. The second kappa shape index (κ2) is 5.18. The molecule has 0 fully saturated rings. The van der Waals surface area contributed by atoms with E-state index in [0.717, 1.165) is 11.1 Å². The average molecular weight is 288 g/mol. The number of phenols is 1. The van der Waals surface area contributed by atoms with Gasteiger partial charge < -0.3 is 5.11 Å². The first-order valence-electron chi connectivity index (χ1n) is 4.97. The van der Waals surface area contributed by atoms with Gasteiger partial charge in [-0.25, -0.2) is 0 Å². The monoisotopic (exact) mass is 286 g/mol. The fraction of sp³-hybridized carbons (Fsp3) is 0.0769. The predicted molar refractivity (Wildman–Crippen MR) is 72.4 cm³/mol. The molecule has 2 rings (SSSR count). The van der Waals surface area contributed by atoms with Crippen LogP contribution in [0.25, 0.3) is 0 Å². The van der Waals surface area contributed by atoms with Gasteiger partial charge in [-0.3, -0.25) is 0 Å². The fourth-order valence-corrected chi connectivity index (χ4v) is 2.24. The van der Waals surface area contributed by atoms with Crippen LogP contribution in [0.5, 0.6) is 5.75 Å². The van der Waals surface area contributed by atoms with Crippen LogP contribution in [0, 0.1) is 0 Å². The smallest absolute Gasteiger partial charge is 0.119 e. The van der Waals surface area contributed by atoms with Crippen LogP contribution >= 0.6 is 34.8 Å². The highest BCUT2D eigenvalue weighted by Gasteiger charge is 2.07. The molecular weight excluding hydrogens is 279 g/mol. The van der Waals surface area contributed by atoms with Gasteiger partial charge >= 0.3 is 0 Å². The minimum atomic E-state index is 0.209. The summed E-state index contributed by atoms with van der Waals surface area (Å²) in [6.45, 7) is 0. The number of halogens is 3. The van der Waals surface area contributed by atoms with Crippen LogP contribution in [0.1, 0.15) is 11.1 Å². The lowest BCUT2D eigenvalue weighted by atomic mass is 10.0. The molecule has 0 spiro atoms. The van der Waals surface area contributed by atoms with Crippen LogP contribution in [-0.2, 0) is 6.42 Å². The van der Waals surface area contributed by atoms with Crippen LogP contribution < -0.4 is 0 Å². The molecule has 0 bridgehead atoms. The SMILES string of the molecule is Oc1ccc(Cl)cc1Cc1ccc(Cl)cc1Cl. The van der Waals surface area contributed by atoms with Gasteiger partial charge in [0.1, 0.15) is 5.75 Å². The molecule has 0 heterocycles. The minimum absolute atomic E-state index is 0.209. The largest absolute Gasteiger partial charge is 0.508 e. The molecule has 0 saturated heterocycles. The van der Waals surface area contributed by atoms with Crippen molar-refractivity contribution in [2.75, 3.05) is 0 Å². The molecule has 0 aliphatic heterocycles. The fourth-order valence-electron chi connectivity index (χ4n) is 1.57. The van der Waals surface area contributed by atoms with E-state index >= 15 is 0 Å². The van der Waals surface area contributed by atoms with E-state index in [1.807, 2.05) is 6.07 Å². The lowest BCUT2D eigenvalue weighted by Crippen LogP contribution is -1.90. The molecule has 0 radical (unpaired) electrons. The van der Waals surface area contributed by atoms with Crippen LogP contribution in [0.4, 0.5) is 0 Å². The Morgan fingerprint density at radius 1 is 0.824 bits per heavy atom. The third-order valence-corrected chi connectivity index (χ3v) is 3.26.